The van der Waals surface area contributed by atoms with Gasteiger partial charge in [-0.25, -0.2) is 9.79 Å². The van der Waals surface area contributed by atoms with Crippen molar-refractivity contribution in [2.24, 2.45) is 4.99 Å². The second-order valence-corrected chi connectivity index (χ2v) is 7.95. The molecule has 2 heterocycles. The maximum atomic E-state index is 13.3. The van der Waals surface area contributed by atoms with E-state index in [4.69, 9.17) is 9.47 Å². The predicted octanol–water partition coefficient (Wildman–Crippen LogP) is 3.86. The minimum absolute atomic E-state index is 0.271. The summed E-state index contributed by atoms with van der Waals surface area (Å²) in [6.07, 6.45) is 5.70. The number of hydrogen-bond acceptors (Lipinski definition) is 6. The molecule has 0 spiro atoms. The van der Waals surface area contributed by atoms with Gasteiger partial charge in [0, 0.05) is 23.5 Å². The van der Waals surface area contributed by atoms with Gasteiger partial charge in [0.05, 0.1) is 14.2 Å². The van der Waals surface area contributed by atoms with Crippen molar-refractivity contribution in [3.05, 3.63) is 71.6 Å². The smallest absolute Gasteiger partial charge is 0.329 e. The highest BCUT2D eigenvalue weighted by Crippen LogP contribution is 2.29. The lowest BCUT2D eigenvalue weighted by Crippen LogP contribution is -2.47. The maximum absolute atomic E-state index is 13.3. The molecule has 0 aliphatic carbocycles. The molecule has 4 rings (SSSR count). The third kappa shape index (κ3) is 4.13. The van der Waals surface area contributed by atoms with E-state index in [2.05, 4.69) is 9.98 Å². The first-order valence-electron chi connectivity index (χ1n) is 10.0. The number of fused-ring (bicyclic) bond motifs is 1. The first kappa shape index (κ1) is 21.7. The summed E-state index contributed by atoms with van der Waals surface area (Å²) in [7, 11) is 2.93. The van der Waals surface area contributed by atoms with E-state index in [-0.39, 0.29) is 11.6 Å². The van der Waals surface area contributed by atoms with Gasteiger partial charge in [0.15, 0.2) is 5.17 Å². The molecule has 0 saturated carbocycles. The lowest BCUT2D eigenvalue weighted by molar-refractivity contribution is -0.148. The molecule has 0 radical (unpaired) electrons. The number of carbonyl (C=O) groups excluding carboxylic acids is 2. The zero-order valence-corrected chi connectivity index (χ0v) is 18.8. The van der Waals surface area contributed by atoms with Crippen LogP contribution < -0.4 is 4.74 Å². The lowest BCUT2D eigenvalue weighted by Gasteiger charge is -2.25. The Kier molecular flexibility index (Phi) is 6.32. The molecule has 1 aliphatic heterocycles. The number of benzene rings is 2. The number of hydrogen-bond donors (Lipinski definition) is 1. The molecule has 0 unspecified atom stereocenters. The summed E-state index contributed by atoms with van der Waals surface area (Å²) in [6, 6.07) is 14.3. The minimum Gasteiger partial charge on any atom is -0.497 e. The number of ether oxygens (including phenoxy) is 2. The maximum Gasteiger partial charge on any atom is 0.329 e. The SMILES string of the molecule is COC(=O)[C@H](Cc1c[nH]c2ccccc12)N1C(=O)/C(=C/c2ccc(OC)cc2)N=C1SC. The Labute approximate surface area is 190 Å². The van der Waals surface area contributed by atoms with E-state index in [0.29, 0.717) is 11.6 Å². The second-order valence-electron chi connectivity index (χ2n) is 7.18. The van der Waals surface area contributed by atoms with Crippen molar-refractivity contribution in [3.8, 4) is 5.75 Å². The molecule has 164 valence electrons. The highest BCUT2D eigenvalue weighted by molar-refractivity contribution is 8.13. The number of nitrogens with one attached hydrogen (secondary N) is 1. The molecule has 0 saturated heterocycles. The van der Waals surface area contributed by atoms with Crippen molar-refractivity contribution < 1.29 is 19.1 Å². The Hall–Kier alpha value is -3.52. The van der Waals surface area contributed by atoms with E-state index < -0.39 is 12.0 Å². The molecule has 1 atom stereocenters. The van der Waals surface area contributed by atoms with Gasteiger partial charge >= 0.3 is 5.97 Å². The Morgan fingerprint density at radius 2 is 1.94 bits per heavy atom. The number of rotatable bonds is 6. The summed E-state index contributed by atoms with van der Waals surface area (Å²) >= 11 is 1.32. The van der Waals surface area contributed by atoms with Crippen molar-refractivity contribution in [3.63, 3.8) is 0 Å². The standard InChI is InChI=1S/C24H23N3O4S/c1-30-17-10-8-15(9-11-17)12-20-22(28)27(24(26-20)32-3)21(23(29)31-2)13-16-14-25-19-7-5-4-6-18(16)19/h4-12,14,21,25H,13H2,1-3H3/b20-12-/t21-/m0/s1. The van der Waals surface area contributed by atoms with Gasteiger partial charge in [-0.3, -0.25) is 9.69 Å². The normalized spacial score (nSPS) is 15.8. The number of amides is 1. The van der Waals surface area contributed by atoms with Crippen LogP contribution in [0.4, 0.5) is 0 Å². The second kappa shape index (κ2) is 9.32. The number of aliphatic imine (C=N–C) groups is 1. The Balaban J connectivity index is 1.67. The van der Waals surface area contributed by atoms with Crippen LogP contribution in [0, 0.1) is 0 Å². The molecule has 0 fully saturated rings. The fourth-order valence-electron chi connectivity index (χ4n) is 3.71. The van der Waals surface area contributed by atoms with Crippen LogP contribution in [-0.4, -0.2) is 53.4 Å². The van der Waals surface area contributed by atoms with Crippen LogP contribution in [-0.2, 0) is 20.7 Å². The van der Waals surface area contributed by atoms with E-state index in [9.17, 15) is 9.59 Å². The number of aromatic nitrogens is 1. The quantitative estimate of drug-likeness (QED) is 0.456. The Morgan fingerprint density at radius 3 is 2.62 bits per heavy atom. The van der Waals surface area contributed by atoms with Gasteiger partial charge in [-0.15, -0.1) is 0 Å². The molecule has 2 aromatic carbocycles. The predicted molar refractivity (Wildman–Crippen MR) is 127 cm³/mol. The zero-order valence-electron chi connectivity index (χ0n) is 18.0. The summed E-state index contributed by atoms with van der Waals surface area (Å²) < 4.78 is 10.2. The van der Waals surface area contributed by atoms with E-state index in [1.54, 1.807) is 13.2 Å². The average Bonchev–Trinajstić information content (AvgIpc) is 3.38. The summed E-state index contributed by atoms with van der Waals surface area (Å²) in [5.74, 6) is -0.0965. The van der Waals surface area contributed by atoms with Gasteiger partial charge in [0.1, 0.15) is 17.5 Å². The highest BCUT2D eigenvalue weighted by Gasteiger charge is 2.40. The first-order valence-corrected chi connectivity index (χ1v) is 11.2. The van der Waals surface area contributed by atoms with Crippen LogP contribution in [0.15, 0.2) is 65.4 Å². The molecule has 1 N–H and O–H groups in total. The number of methoxy groups -OCH3 is 2. The molecule has 7 nitrogen and oxygen atoms in total. The first-order chi connectivity index (χ1) is 15.5. The summed E-state index contributed by atoms with van der Waals surface area (Å²) in [5.41, 5.74) is 2.98. The van der Waals surface area contributed by atoms with Crippen molar-refractivity contribution in [2.45, 2.75) is 12.5 Å². The van der Waals surface area contributed by atoms with E-state index in [1.165, 1.54) is 23.8 Å². The van der Waals surface area contributed by atoms with Crippen LogP contribution in [0.3, 0.4) is 0 Å². The Morgan fingerprint density at radius 1 is 1.19 bits per heavy atom. The molecule has 0 bridgehead atoms. The van der Waals surface area contributed by atoms with Gasteiger partial charge in [-0.2, -0.15) is 0 Å². The van der Waals surface area contributed by atoms with Gasteiger partial charge < -0.3 is 14.5 Å². The van der Waals surface area contributed by atoms with Crippen molar-refractivity contribution in [1.82, 2.24) is 9.88 Å². The molecular weight excluding hydrogens is 426 g/mol. The number of thioether (sulfide) groups is 1. The van der Waals surface area contributed by atoms with Crippen LogP contribution >= 0.6 is 11.8 Å². The molecule has 1 aromatic heterocycles. The molecular formula is C24H23N3O4S. The lowest BCUT2D eigenvalue weighted by atomic mass is 10.0. The fraction of sp³-hybridized carbons (Fsp3) is 0.208. The van der Waals surface area contributed by atoms with Crippen molar-refractivity contribution in [2.75, 3.05) is 20.5 Å². The van der Waals surface area contributed by atoms with Gasteiger partial charge in [0.2, 0.25) is 0 Å². The largest absolute Gasteiger partial charge is 0.497 e. The summed E-state index contributed by atoms with van der Waals surface area (Å²) in [5, 5.41) is 1.47. The third-order valence-electron chi connectivity index (χ3n) is 5.33. The van der Waals surface area contributed by atoms with Crippen LogP contribution in [0.25, 0.3) is 17.0 Å². The molecule has 3 aromatic rings. The number of nitrogens with zero attached hydrogens (tertiary/aromatic N) is 2. The third-order valence-corrected chi connectivity index (χ3v) is 5.99. The number of esters is 1. The number of H-pyrrole nitrogens is 1. The average molecular weight is 450 g/mol. The summed E-state index contributed by atoms with van der Waals surface area (Å²) in [6.45, 7) is 0. The Bertz CT molecular complexity index is 1210. The van der Waals surface area contributed by atoms with Crippen molar-refractivity contribution in [1.29, 1.82) is 0 Å². The van der Waals surface area contributed by atoms with E-state index in [0.717, 1.165) is 27.8 Å². The topological polar surface area (TPSA) is 84.0 Å². The van der Waals surface area contributed by atoms with E-state index in [1.807, 2.05) is 61.0 Å². The van der Waals surface area contributed by atoms with Crippen LogP contribution in [0.1, 0.15) is 11.1 Å². The van der Waals surface area contributed by atoms with Crippen LogP contribution in [0.5, 0.6) is 5.75 Å². The summed E-state index contributed by atoms with van der Waals surface area (Å²) in [4.78, 5) is 35.3. The molecule has 1 aliphatic rings. The highest BCUT2D eigenvalue weighted by atomic mass is 32.2. The zero-order chi connectivity index (χ0) is 22.7. The monoisotopic (exact) mass is 449 g/mol. The number of para-hydroxylation sites is 1. The minimum atomic E-state index is -0.834. The van der Waals surface area contributed by atoms with Gasteiger partial charge in [-0.05, 0) is 41.7 Å². The van der Waals surface area contributed by atoms with Crippen LogP contribution in [0.2, 0.25) is 0 Å². The molecule has 1 amide bonds. The number of carbonyl (C=O) groups is 2. The number of aromatic amines is 1. The molecule has 8 heteroatoms. The molecule has 32 heavy (non-hydrogen) atoms. The van der Waals surface area contributed by atoms with Gasteiger partial charge in [-0.1, -0.05) is 42.1 Å². The van der Waals surface area contributed by atoms with Gasteiger partial charge in [0.25, 0.3) is 5.91 Å². The fourth-order valence-corrected chi connectivity index (χ4v) is 4.31. The number of amidine groups is 1. The van der Waals surface area contributed by atoms with Crippen molar-refractivity contribution >= 4 is 45.8 Å². The van der Waals surface area contributed by atoms with E-state index >= 15 is 0 Å².